The zero-order valence-corrected chi connectivity index (χ0v) is 12.3. The second-order valence-electron chi connectivity index (χ2n) is 4.85. The van der Waals surface area contributed by atoms with E-state index in [0.717, 1.165) is 24.3 Å². The maximum absolute atomic E-state index is 12.0. The molecular formula is C15H25N3O. The number of hydrogen-bond donors (Lipinski definition) is 1. The summed E-state index contributed by atoms with van der Waals surface area (Å²) in [6.45, 7) is 5.42. The normalized spacial score (nSPS) is 10.5. The molecule has 0 radical (unpaired) electrons. The van der Waals surface area contributed by atoms with Crippen LogP contribution in [0.15, 0.2) is 18.3 Å². The number of carbonyl (C=O) groups excluding carboxylic acids is 1. The average molecular weight is 263 g/mol. The van der Waals surface area contributed by atoms with Crippen LogP contribution in [0.4, 0.5) is 5.69 Å². The minimum absolute atomic E-state index is 0.0705. The number of aryl methyl sites for hydroxylation is 1. The number of anilines is 1. The number of hydrogen-bond acceptors (Lipinski definition) is 3. The molecule has 0 aliphatic rings. The van der Waals surface area contributed by atoms with E-state index in [-0.39, 0.29) is 5.91 Å². The Labute approximate surface area is 116 Å². The largest absolute Gasteiger partial charge is 0.313 e. The van der Waals surface area contributed by atoms with Gasteiger partial charge in [0.2, 0.25) is 5.91 Å². The van der Waals surface area contributed by atoms with Crippen LogP contribution in [0.2, 0.25) is 0 Å². The molecule has 0 atom stereocenters. The van der Waals surface area contributed by atoms with E-state index in [1.54, 1.807) is 18.1 Å². The standard InChI is InChI=1S/C15H25N3O/c1-4-5-6-7-10-16-12-15(19)18(3)14-9-8-13(2)17-11-14/h8-9,11,16H,4-7,10,12H2,1-3H3. The average Bonchev–Trinajstić information content (AvgIpc) is 2.42. The third kappa shape index (κ3) is 5.83. The van der Waals surface area contributed by atoms with Crippen molar-refractivity contribution in [2.75, 3.05) is 25.0 Å². The van der Waals surface area contributed by atoms with E-state index in [1.165, 1.54) is 19.3 Å². The summed E-state index contributed by atoms with van der Waals surface area (Å²) in [5.74, 6) is 0.0705. The number of nitrogens with one attached hydrogen (secondary N) is 1. The number of amides is 1. The van der Waals surface area contributed by atoms with E-state index in [0.29, 0.717) is 6.54 Å². The summed E-state index contributed by atoms with van der Waals surface area (Å²) in [4.78, 5) is 17.8. The molecule has 0 fully saturated rings. The number of likely N-dealkylation sites (N-methyl/N-ethyl adjacent to an activating group) is 1. The Bertz CT molecular complexity index is 375. The minimum Gasteiger partial charge on any atom is -0.313 e. The first-order chi connectivity index (χ1) is 9.15. The van der Waals surface area contributed by atoms with Gasteiger partial charge in [0.25, 0.3) is 0 Å². The molecule has 1 N–H and O–H groups in total. The van der Waals surface area contributed by atoms with Crippen LogP contribution in [0.5, 0.6) is 0 Å². The third-order valence-electron chi connectivity index (χ3n) is 3.14. The van der Waals surface area contributed by atoms with Crippen molar-refractivity contribution in [2.24, 2.45) is 0 Å². The van der Waals surface area contributed by atoms with Crippen LogP contribution in [-0.2, 0) is 4.79 Å². The van der Waals surface area contributed by atoms with Crippen LogP contribution < -0.4 is 10.2 Å². The summed E-state index contributed by atoms with van der Waals surface area (Å²) in [5, 5.41) is 3.19. The van der Waals surface area contributed by atoms with Crippen molar-refractivity contribution < 1.29 is 4.79 Å². The highest BCUT2D eigenvalue weighted by Crippen LogP contribution is 2.10. The number of carbonyl (C=O) groups is 1. The Morgan fingerprint density at radius 3 is 2.74 bits per heavy atom. The summed E-state index contributed by atoms with van der Waals surface area (Å²) in [7, 11) is 1.79. The van der Waals surface area contributed by atoms with E-state index < -0.39 is 0 Å². The van der Waals surface area contributed by atoms with Gasteiger partial charge in [-0.05, 0) is 32.0 Å². The molecule has 4 heteroatoms. The zero-order chi connectivity index (χ0) is 14.1. The molecule has 19 heavy (non-hydrogen) atoms. The van der Waals surface area contributed by atoms with Crippen molar-refractivity contribution in [1.29, 1.82) is 0 Å². The van der Waals surface area contributed by atoms with Crippen molar-refractivity contribution in [3.8, 4) is 0 Å². The third-order valence-corrected chi connectivity index (χ3v) is 3.14. The molecule has 1 rings (SSSR count). The molecular weight excluding hydrogens is 238 g/mol. The predicted molar refractivity (Wildman–Crippen MR) is 79.4 cm³/mol. The molecule has 0 unspecified atom stereocenters. The SMILES string of the molecule is CCCCCCNCC(=O)N(C)c1ccc(C)nc1. The van der Waals surface area contributed by atoms with Gasteiger partial charge in [-0.2, -0.15) is 0 Å². The first-order valence-electron chi connectivity index (χ1n) is 7.05. The second-order valence-corrected chi connectivity index (χ2v) is 4.85. The Hall–Kier alpha value is -1.42. The summed E-state index contributed by atoms with van der Waals surface area (Å²) in [5.41, 5.74) is 1.79. The van der Waals surface area contributed by atoms with Gasteiger partial charge in [0, 0.05) is 12.7 Å². The Morgan fingerprint density at radius 2 is 2.11 bits per heavy atom. The Balaban J connectivity index is 2.27. The van der Waals surface area contributed by atoms with E-state index in [9.17, 15) is 4.79 Å². The molecule has 1 aromatic heterocycles. The van der Waals surface area contributed by atoms with Crippen molar-refractivity contribution in [3.05, 3.63) is 24.0 Å². The summed E-state index contributed by atoms with van der Waals surface area (Å²) in [6.07, 6.45) is 6.60. The highest BCUT2D eigenvalue weighted by Gasteiger charge is 2.10. The molecule has 0 bridgehead atoms. The molecule has 0 aromatic carbocycles. The summed E-state index contributed by atoms with van der Waals surface area (Å²) < 4.78 is 0. The highest BCUT2D eigenvalue weighted by molar-refractivity contribution is 5.94. The summed E-state index contributed by atoms with van der Waals surface area (Å²) in [6, 6.07) is 3.83. The number of rotatable bonds is 8. The van der Waals surface area contributed by atoms with Gasteiger partial charge in [-0.1, -0.05) is 26.2 Å². The maximum Gasteiger partial charge on any atom is 0.240 e. The minimum atomic E-state index is 0.0705. The Kier molecular flexibility index (Phi) is 7.11. The monoisotopic (exact) mass is 263 g/mol. The molecule has 1 amide bonds. The number of pyridine rings is 1. The zero-order valence-electron chi connectivity index (χ0n) is 12.3. The van der Waals surface area contributed by atoms with Gasteiger partial charge in [0.05, 0.1) is 18.4 Å². The molecule has 0 saturated carbocycles. The molecule has 0 aliphatic heterocycles. The van der Waals surface area contributed by atoms with Crippen molar-refractivity contribution in [1.82, 2.24) is 10.3 Å². The smallest absolute Gasteiger partial charge is 0.240 e. The van der Waals surface area contributed by atoms with Gasteiger partial charge in [-0.25, -0.2) is 0 Å². The lowest BCUT2D eigenvalue weighted by atomic mass is 10.2. The molecule has 106 valence electrons. The van der Waals surface area contributed by atoms with Crippen molar-refractivity contribution in [2.45, 2.75) is 39.5 Å². The number of aromatic nitrogens is 1. The lowest BCUT2D eigenvalue weighted by molar-refractivity contribution is -0.117. The van der Waals surface area contributed by atoms with Crippen LogP contribution in [0.1, 0.15) is 38.3 Å². The van der Waals surface area contributed by atoms with Crippen LogP contribution in [0.25, 0.3) is 0 Å². The lowest BCUT2D eigenvalue weighted by Gasteiger charge is -2.17. The van der Waals surface area contributed by atoms with Crippen LogP contribution in [0, 0.1) is 6.92 Å². The quantitative estimate of drug-likeness (QED) is 0.733. The van der Waals surface area contributed by atoms with Gasteiger partial charge in [0.1, 0.15) is 0 Å². The first-order valence-corrected chi connectivity index (χ1v) is 7.05. The maximum atomic E-state index is 12.0. The van der Waals surface area contributed by atoms with E-state index in [2.05, 4.69) is 17.2 Å². The first kappa shape index (κ1) is 15.6. The van der Waals surface area contributed by atoms with Gasteiger partial charge in [-0.3, -0.25) is 9.78 Å². The fourth-order valence-corrected chi connectivity index (χ4v) is 1.79. The highest BCUT2D eigenvalue weighted by atomic mass is 16.2. The molecule has 1 aromatic rings. The van der Waals surface area contributed by atoms with Gasteiger partial charge >= 0.3 is 0 Å². The molecule has 0 spiro atoms. The molecule has 1 heterocycles. The fourth-order valence-electron chi connectivity index (χ4n) is 1.79. The Morgan fingerprint density at radius 1 is 1.32 bits per heavy atom. The second kappa shape index (κ2) is 8.64. The molecule has 0 saturated heterocycles. The topological polar surface area (TPSA) is 45.2 Å². The molecule has 0 aliphatic carbocycles. The van der Waals surface area contributed by atoms with E-state index in [1.807, 2.05) is 19.1 Å². The van der Waals surface area contributed by atoms with Crippen molar-refractivity contribution >= 4 is 11.6 Å². The van der Waals surface area contributed by atoms with Crippen molar-refractivity contribution in [3.63, 3.8) is 0 Å². The fraction of sp³-hybridized carbons (Fsp3) is 0.600. The number of nitrogens with zero attached hydrogens (tertiary/aromatic N) is 2. The summed E-state index contributed by atoms with van der Waals surface area (Å²) >= 11 is 0. The van der Waals surface area contributed by atoms with Gasteiger partial charge in [0.15, 0.2) is 0 Å². The van der Waals surface area contributed by atoms with E-state index in [4.69, 9.17) is 0 Å². The van der Waals surface area contributed by atoms with Crippen LogP contribution in [0.3, 0.4) is 0 Å². The van der Waals surface area contributed by atoms with Gasteiger partial charge < -0.3 is 10.2 Å². The predicted octanol–water partition coefficient (Wildman–Crippen LogP) is 2.52. The van der Waals surface area contributed by atoms with Crippen LogP contribution >= 0.6 is 0 Å². The van der Waals surface area contributed by atoms with E-state index >= 15 is 0 Å². The van der Waals surface area contributed by atoms with Crippen LogP contribution in [-0.4, -0.2) is 31.0 Å². The number of unbranched alkanes of at least 4 members (excludes halogenated alkanes) is 3. The lowest BCUT2D eigenvalue weighted by Crippen LogP contribution is -2.36. The molecule has 4 nitrogen and oxygen atoms in total. The van der Waals surface area contributed by atoms with Gasteiger partial charge in [-0.15, -0.1) is 0 Å².